The molecule has 1 unspecified atom stereocenters. The molecule has 1 rings (SSSR count). The normalized spacial score (nSPS) is 13.1. The number of halogens is 1. The van der Waals surface area contributed by atoms with Gasteiger partial charge in [0.25, 0.3) is 0 Å². The van der Waals surface area contributed by atoms with E-state index in [-0.39, 0.29) is 11.9 Å². The second kappa shape index (κ2) is 5.81. The Bertz CT molecular complexity index is 299. The van der Waals surface area contributed by atoms with Gasteiger partial charge in [0.05, 0.1) is 6.20 Å². The molecule has 0 bridgehead atoms. The summed E-state index contributed by atoms with van der Waals surface area (Å²) in [5, 5.41) is 3.35. The van der Waals surface area contributed by atoms with Crippen molar-refractivity contribution >= 4 is 0 Å². The maximum absolute atomic E-state index is 12.9. The highest BCUT2D eigenvalue weighted by molar-refractivity contribution is 5.14. The van der Waals surface area contributed by atoms with Gasteiger partial charge in [0.15, 0.2) is 0 Å². The van der Waals surface area contributed by atoms with Crippen LogP contribution in [0.3, 0.4) is 0 Å². The molecule has 1 aromatic rings. The van der Waals surface area contributed by atoms with Gasteiger partial charge in [-0.05, 0) is 37.4 Å². The quantitative estimate of drug-likeness (QED) is 0.808. The summed E-state index contributed by atoms with van der Waals surface area (Å²) < 4.78 is 12.9. The Kier molecular flexibility index (Phi) is 4.69. The van der Waals surface area contributed by atoms with Gasteiger partial charge in [-0.1, -0.05) is 13.8 Å². The molecule has 0 aliphatic rings. The van der Waals surface area contributed by atoms with Gasteiger partial charge in [-0.25, -0.2) is 4.39 Å². The van der Waals surface area contributed by atoms with Crippen LogP contribution in [0, 0.1) is 11.7 Å². The zero-order chi connectivity index (χ0) is 11.3. The molecule has 0 amide bonds. The van der Waals surface area contributed by atoms with E-state index in [0.29, 0.717) is 5.92 Å². The van der Waals surface area contributed by atoms with E-state index in [9.17, 15) is 4.39 Å². The van der Waals surface area contributed by atoms with Crippen LogP contribution in [-0.4, -0.2) is 11.5 Å². The molecule has 1 N–H and O–H groups in total. The number of hydrogen-bond acceptors (Lipinski definition) is 2. The van der Waals surface area contributed by atoms with E-state index < -0.39 is 0 Å². The molecule has 0 aliphatic carbocycles. The summed E-state index contributed by atoms with van der Waals surface area (Å²) in [5.41, 5.74) is 0.902. The first-order chi connectivity index (χ1) is 7.09. The Labute approximate surface area is 90.9 Å². The largest absolute Gasteiger partial charge is 0.310 e. The maximum Gasteiger partial charge on any atom is 0.141 e. The zero-order valence-corrected chi connectivity index (χ0v) is 9.63. The van der Waals surface area contributed by atoms with Crippen molar-refractivity contribution in [2.24, 2.45) is 5.92 Å². The topological polar surface area (TPSA) is 24.9 Å². The molecule has 1 heterocycles. The Balaban J connectivity index is 2.43. The van der Waals surface area contributed by atoms with Crippen molar-refractivity contribution in [2.75, 3.05) is 6.54 Å². The number of nitrogens with zero attached hydrogens (tertiary/aromatic N) is 1. The number of rotatable bonds is 5. The van der Waals surface area contributed by atoms with Gasteiger partial charge in [0.2, 0.25) is 0 Å². The first-order valence-electron chi connectivity index (χ1n) is 5.43. The maximum atomic E-state index is 12.9. The molecule has 1 atom stereocenters. The van der Waals surface area contributed by atoms with E-state index in [0.717, 1.165) is 18.5 Å². The van der Waals surface area contributed by atoms with E-state index in [1.165, 1.54) is 12.3 Å². The fraction of sp³-hybridized carbons (Fsp3) is 0.583. The molecular formula is C12H19FN2. The summed E-state index contributed by atoms with van der Waals surface area (Å²) in [6.07, 6.45) is 4.06. The standard InChI is InChI=1S/C12H19FN2/c1-9(2)4-5-15-10(3)11-6-12(13)8-14-7-11/h6-10,15H,4-5H2,1-3H3. The lowest BCUT2D eigenvalue weighted by atomic mass is 10.1. The summed E-state index contributed by atoms with van der Waals surface area (Å²) >= 11 is 0. The molecule has 0 fully saturated rings. The predicted molar refractivity (Wildman–Crippen MR) is 60.1 cm³/mol. The van der Waals surface area contributed by atoms with Crippen LogP contribution in [-0.2, 0) is 0 Å². The van der Waals surface area contributed by atoms with Gasteiger partial charge in [0.1, 0.15) is 5.82 Å². The van der Waals surface area contributed by atoms with Crippen molar-refractivity contribution < 1.29 is 4.39 Å². The summed E-state index contributed by atoms with van der Waals surface area (Å²) in [5.74, 6) is 0.417. The third kappa shape index (κ3) is 4.38. The van der Waals surface area contributed by atoms with Gasteiger partial charge in [-0.2, -0.15) is 0 Å². The Morgan fingerprint density at radius 2 is 2.07 bits per heavy atom. The van der Waals surface area contributed by atoms with Crippen LogP contribution in [0.5, 0.6) is 0 Å². The molecule has 0 aliphatic heterocycles. The van der Waals surface area contributed by atoms with Gasteiger partial charge >= 0.3 is 0 Å². The van der Waals surface area contributed by atoms with Gasteiger partial charge in [0, 0.05) is 12.2 Å². The zero-order valence-electron chi connectivity index (χ0n) is 9.63. The minimum absolute atomic E-state index is 0.159. The highest BCUT2D eigenvalue weighted by atomic mass is 19.1. The van der Waals surface area contributed by atoms with E-state index in [4.69, 9.17) is 0 Å². The van der Waals surface area contributed by atoms with E-state index in [1.807, 2.05) is 6.92 Å². The number of aromatic nitrogens is 1. The Morgan fingerprint density at radius 1 is 1.33 bits per heavy atom. The van der Waals surface area contributed by atoms with E-state index in [1.54, 1.807) is 6.20 Å². The van der Waals surface area contributed by atoms with Crippen LogP contribution < -0.4 is 5.32 Å². The number of pyridine rings is 1. The summed E-state index contributed by atoms with van der Waals surface area (Å²) in [7, 11) is 0. The third-order valence-electron chi connectivity index (χ3n) is 2.40. The molecule has 0 aromatic carbocycles. The number of hydrogen-bond donors (Lipinski definition) is 1. The highest BCUT2D eigenvalue weighted by Crippen LogP contribution is 2.12. The fourth-order valence-corrected chi connectivity index (χ4v) is 1.37. The lowest BCUT2D eigenvalue weighted by Crippen LogP contribution is -2.21. The molecule has 0 radical (unpaired) electrons. The van der Waals surface area contributed by atoms with Crippen LogP contribution in [0.4, 0.5) is 4.39 Å². The van der Waals surface area contributed by atoms with E-state index in [2.05, 4.69) is 24.1 Å². The molecule has 1 aromatic heterocycles. The molecular weight excluding hydrogens is 191 g/mol. The average Bonchev–Trinajstić information content (AvgIpc) is 2.17. The van der Waals surface area contributed by atoms with Crippen molar-refractivity contribution in [1.82, 2.24) is 10.3 Å². The second-order valence-corrected chi connectivity index (χ2v) is 4.29. The molecule has 84 valence electrons. The van der Waals surface area contributed by atoms with Crippen molar-refractivity contribution in [3.05, 3.63) is 29.8 Å². The summed E-state index contributed by atoms with van der Waals surface area (Å²) in [6.45, 7) is 7.36. The first kappa shape index (κ1) is 12.1. The van der Waals surface area contributed by atoms with Crippen LogP contribution in [0.25, 0.3) is 0 Å². The van der Waals surface area contributed by atoms with Crippen molar-refractivity contribution in [2.45, 2.75) is 33.2 Å². The first-order valence-corrected chi connectivity index (χ1v) is 5.43. The molecule has 0 saturated heterocycles. The van der Waals surface area contributed by atoms with Crippen molar-refractivity contribution in [3.63, 3.8) is 0 Å². The second-order valence-electron chi connectivity index (χ2n) is 4.29. The SMILES string of the molecule is CC(C)CCNC(C)c1cncc(F)c1. The molecule has 3 heteroatoms. The summed E-state index contributed by atoms with van der Waals surface area (Å²) in [4.78, 5) is 3.83. The predicted octanol–water partition coefficient (Wildman–Crippen LogP) is 2.92. The number of nitrogens with one attached hydrogen (secondary N) is 1. The van der Waals surface area contributed by atoms with E-state index >= 15 is 0 Å². The molecule has 2 nitrogen and oxygen atoms in total. The van der Waals surface area contributed by atoms with Crippen LogP contribution in [0.15, 0.2) is 18.5 Å². The van der Waals surface area contributed by atoms with Gasteiger partial charge in [-0.3, -0.25) is 4.98 Å². The summed E-state index contributed by atoms with van der Waals surface area (Å²) in [6, 6.07) is 1.69. The average molecular weight is 210 g/mol. The third-order valence-corrected chi connectivity index (χ3v) is 2.40. The van der Waals surface area contributed by atoms with Gasteiger partial charge < -0.3 is 5.32 Å². The Morgan fingerprint density at radius 3 is 2.67 bits per heavy atom. The van der Waals surface area contributed by atoms with Crippen LogP contribution in [0.2, 0.25) is 0 Å². The van der Waals surface area contributed by atoms with Gasteiger partial charge in [-0.15, -0.1) is 0 Å². The smallest absolute Gasteiger partial charge is 0.141 e. The monoisotopic (exact) mass is 210 g/mol. The fourth-order valence-electron chi connectivity index (χ4n) is 1.37. The molecule has 0 spiro atoms. The van der Waals surface area contributed by atoms with Crippen LogP contribution in [0.1, 0.15) is 38.8 Å². The van der Waals surface area contributed by atoms with Crippen LogP contribution >= 0.6 is 0 Å². The Hall–Kier alpha value is -0.960. The van der Waals surface area contributed by atoms with Crippen molar-refractivity contribution in [3.8, 4) is 0 Å². The lowest BCUT2D eigenvalue weighted by Gasteiger charge is -2.14. The molecule has 0 saturated carbocycles. The lowest BCUT2D eigenvalue weighted by molar-refractivity contribution is 0.494. The minimum Gasteiger partial charge on any atom is -0.310 e. The molecule has 15 heavy (non-hydrogen) atoms. The minimum atomic E-state index is -0.273. The van der Waals surface area contributed by atoms with Crippen molar-refractivity contribution in [1.29, 1.82) is 0 Å². The highest BCUT2D eigenvalue weighted by Gasteiger charge is 2.05.